The zero-order valence-corrected chi connectivity index (χ0v) is 23.6. The average molecular weight is 563 g/mol. The Morgan fingerprint density at radius 3 is 2.37 bits per heavy atom. The van der Waals surface area contributed by atoms with Gasteiger partial charge in [-0.05, 0) is 73.3 Å². The number of aromatic nitrogens is 2. The normalized spacial score (nSPS) is 16.1. The van der Waals surface area contributed by atoms with Crippen LogP contribution < -0.4 is 0 Å². The molecule has 1 N–H and O–H groups in total. The summed E-state index contributed by atoms with van der Waals surface area (Å²) < 4.78 is 28.7. The summed E-state index contributed by atoms with van der Waals surface area (Å²) in [5.41, 5.74) is 6.38. The second kappa shape index (κ2) is 10.9. The summed E-state index contributed by atoms with van der Waals surface area (Å²) in [6.45, 7) is 4.39. The van der Waals surface area contributed by atoms with Crippen LogP contribution in [0.25, 0.3) is 33.3 Å². The number of aryl methyl sites for hydroxylation is 1. The van der Waals surface area contributed by atoms with Gasteiger partial charge >= 0.3 is 0 Å². The van der Waals surface area contributed by atoms with Crippen LogP contribution in [0.3, 0.4) is 0 Å². The minimum atomic E-state index is -3.90. The number of fused-ring (bicyclic) bond motifs is 1. The topological polar surface area (TPSA) is 99.2 Å². The van der Waals surface area contributed by atoms with E-state index in [4.69, 9.17) is 0 Å². The van der Waals surface area contributed by atoms with Crippen LogP contribution in [0.15, 0.2) is 96.2 Å². The predicted octanol–water partition coefficient (Wildman–Crippen LogP) is 5.74. The molecule has 0 aliphatic carbocycles. The summed E-state index contributed by atoms with van der Waals surface area (Å²) in [5.74, 6) is 0. The van der Waals surface area contributed by atoms with E-state index in [1.165, 1.54) is 9.54 Å². The van der Waals surface area contributed by atoms with E-state index in [0.717, 1.165) is 53.7 Å². The summed E-state index contributed by atoms with van der Waals surface area (Å²) >= 11 is 0. The number of nitrogens with zero attached hydrogens (tertiary/aromatic N) is 4. The van der Waals surface area contributed by atoms with Crippen molar-refractivity contribution in [1.29, 1.82) is 5.26 Å². The van der Waals surface area contributed by atoms with Gasteiger partial charge in [-0.3, -0.25) is 4.90 Å². The second-order valence-electron chi connectivity index (χ2n) is 10.7. The van der Waals surface area contributed by atoms with Crippen molar-refractivity contribution in [2.45, 2.75) is 37.3 Å². The highest BCUT2D eigenvalue weighted by atomic mass is 32.2. The Bertz CT molecular complexity index is 1850. The lowest BCUT2D eigenvalue weighted by Crippen LogP contribution is -2.37. The molecule has 0 radical (unpaired) electrons. The highest BCUT2D eigenvalue weighted by Crippen LogP contribution is 2.35. The van der Waals surface area contributed by atoms with Gasteiger partial charge in [-0.2, -0.15) is 5.26 Å². The third-order valence-corrected chi connectivity index (χ3v) is 9.35. The molecule has 2 aromatic heterocycles. The van der Waals surface area contributed by atoms with Crippen molar-refractivity contribution >= 4 is 21.1 Å². The predicted molar refractivity (Wildman–Crippen MR) is 160 cm³/mol. The van der Waals surface area contributed by atoms with E-state index in [1.807, 2.05) is 25.1 Å². The standard InChI is InChI=1S/C33H30N4O3S/c1-23-4-14-30(15-5-23)41(39,40)37-22-32(27-12-6-24(18-34)7-13-27)31-17-28(19-35-33(31)37)26-10-8-25(9-11-26)20-36-16-2-3-29(38)21-36/h4-15,17,19,22,29,38H,2-3,16,20-21H2,1H3. The maximum Gasteiger partial charge on any atom is 0.269 e. The molecule has 0 saturated carbocycles. The van der Waals surface area contributed by atoms with Crippen molar-refractivity contribution in [1.82, 2.24) is 13.9 Å². The molecular formula is C33H30N4O3S. The van der Waals surface area contributed by atoms with Gasteiger partial charge in [0, 0.05) is 42.0 Å². The zero-order valence-electron chi connectivity index (χ0n) is 22.7. The third-order valence-electron chi connectivity index (χ3n) is 7.69. The lowest BCUT2D eigenvalue weighted by Gasteiger charge is -2.29. The number of aliphatic hydroxyl groups is 1. The minimum absolute atomic E-state index is 0.189. The third kappa shape index (κ3) is 5.40. The maximum atomic E-state index is 13.7. The molecular weight excluding hydrogens is 532 g/mol. The molecule has 0 bridgehead atoms. The Hall–Kier alpha value is -4.29. The molecule has 1 atom stereocenters. The Balaban J connectivity index is 1.41. The van der Waals surface area contributed by atoms with Gasteiger partial charge in [0.2, 0.25) is 0 Å². The van der Waals surface area contributed by atoms with Crippen molar-refractivity contribution in [2.24, 2.45) is 0 Å². The molecule has 3 aromatic carbocycles. The van der Waals surface area contributed by atoms with Gasteiger partial charge < -0.3 is 5.11 Å². The molecule has 0 spiro atoms. The van der Waals surface area contributed by atoms with Crippen molar-refractivity contribution in [3.05, 3.63) is 108 Å². The lowest BCUT2D eigenvalue weighted by molar-refractivity contribution is 0.0668. The molecule has 1 fully saturated rings. The molecule has 8 heteroatoms. The lowest BCUT2D eigenvalue weighted by atomic mass is 10.0. The van der Waals surface area contributed by atoms with Crippen LogP contribution in [-0.4, -0.2) is 46.6 Å². The van der Waals surface area contributed by atoms with Crippen LogP contribution >= 0.6 is 0 Å². The molecule has 41 heavy (non-hydrogen) atoms. The van der Waals surface area contributed by atoms with Crippen molar-refractivity contribution in [3.8, 4) is 28.3 Å². The minimum Gasteiger partial charge on any atom is -0.392 e. The van der Waals surface area contributed by atoms with Crippen molar-refractivity contribution in [2.75, 3.05) is 13.1 Å². The first kappa shape index (κ1) is 26.9. The van der Waals surface area contributed by atoms with Gasteiger partial charge in [0.25, 0.3) is 10.0 Å². The van der Waals surface area contributed by atoms with Crippen LogP contribution in [0.2, 0.25) is 0 Å². The van der Waals surface area contributed by atoms with Gasteiger partial charge in [-0.25, -0.2) is 17.4 Å². The molecule has 3 heterocycles. The van der Waals surface area contributed by atoms with Crippen molar-refractivity contribution in [3.63, 3.8) is 0 Å². The van der Waals surface area contributed by atoms with Crippen LogP contribution in [0.1, 0.15) is 29.5 Å². The number of rotatable bonds is 6. The fraction of sp³-hybridized carbons (Fsp3) is 0.212. The summed E-state index contributed by atoms with van der Waals surface area (Å²) in [6, 6.07) is 26.3. The summed E-state index contributed by atoms with van der Waals surface area (Å²) in [6.07, 6.45) is 4.94. The molecule has 0 amide bonds. The number of piperidine rings is 1. The number of aliphatic hydroxyl groups excluding tert-OH is 1. The zero-order chi connectivity index (χ0) is 28.6. The number of β-amino-alcohol motifs (C(OH)–C–C–N with tert-alkyl or cyclic N) is 1. The first-order valence-corrected chi connectivity index (χ1v) is 15.1. The van der Waals surface area contributed by atoms with E-state index in [-0.39, 0.29) is 11.0 Å². The average Bonchev–Trinajstić information content (AvgIpc) is 3.38. The number of hydrogen-bond acceptors (Lipinski definition) is 6. The number of pyridine rings is 1. The van der Waals surface area contributed by atoms with Gasteiger partial charge in [-0.1, -0.05) is 54.1 Å². The number of nitriles is 1. The first-order valence-electron chi connectivity index (χ1n) is 13.7. The monoisotopic (exact) mass is 562 g/mol. The Morgan fingerprint density at radius 2 is 1.68 bits per heavy atom. The van der Waals surface area contributed by atoms with Gasteiger partial charge in [0.15, 0.2) is 5.65 Å². The second-order valence-corrected chi connectivity index (χ2v) is 12.5. The highest BCUT2D eigenvalue weighted by Gasteiger charge is 2.23. The van der Waals surface area contributed by atoms with E-state index >= 15 is 0 Å². The number of benzene rings is 3. The van der Waals surface area contributed by atoms with Crippen LogP contribution in [-0.2, 0) is 16.6 Å². The van der Waals surface area contributed by atoms with E-state index in [1.54, 1.807) is 48.8 Å². The molecule has 7 nitrogen and oxygen atoms in total. The van der Waals surface area contributed by atoms with Crippen LogP contribution in [0.4, 0.5) is 0 Å². The summed E-state index contributed by atoms with van der Waals surface area (Å²) in [5, 5.41) is 20.0. The highest BCUT2D eigenvalue weighted by molar-refractivity contribution is 7.90. The fourth-order valence-corrected chi connectivity index (χ4v) is 6.76. The largest absolute Gasteiger partial charge is 0.392 e. The molecule has 1 aliphatic rings. The number of likely N-dealkylation sites (tertiary alicyclic amines) is 1. The van der Waals surface area contributed by atoms with Gasteiger partial charge in [0.05, 0.1) is 22.6 Å². The van der Waals surface area contributed by atoms with Crippen LogP contribution in [0.5, 0.6) is 0 Å². The molecule has 1 aliphatic heterocycles. The first-order chi connectivity index (χ1) is 19.8. The quantitative estimate of drug-likeness (QED) is 0.283. The molecule has 5 aromatic rings. The van der Waals surface area contributed by atoms with Crippen molar-refractivity contribution < 1.29 is 13.5 Å². The van der Waals surface area contributed by atoms with Gasteiger partial charge in [-0.15, -0.1) is 0 Å². The van der Waals surface area contributed by atoms with Crippen LogP contribution in [0, 0.1) is 18.3 Å². The Labute approximate surface area is 240 Å². The molecule has 1 unspecified atom stereocenters. The molecule has 6 rings (SSSR count). The molecule has 206 valence electrons. The van der Waals surface area contributed by atoms with Gasteiger partial charge in [0.1, 0.15) is 0 Å². The van der Waals surface area contributed by atoms with E-state index < -0.39 is 10.0 Å². The van der Waals surface area contributed by atoms with E-state index in [2.05, 4.69) is 40.2 Å². The Morgan fingerprint density at radius 1 is 0.976 bits per heavy atom. The maximum absolute atomic E-state index is 13.7. The summed E-state index contributed by atoms with van der Waals surface area (Å²) in [4.78, 5) is 7.13. The van der Waals surface area contributed by atoms with E-state index in [9.17, 15) is 18.8 Å². The summed E-state index contributed by atoms with van der Waals surface area (Å²) in [7, 11) is -3.90. The Kier molecular flexibility index (Phi) is 7.18. The fourth-order valence-electron chi connectivity index (χ4n) is 5.43. The van der Waals surface area contributed by atoms with E-state index in [0.29, 0.717) is 23.1 Å². The smallest absolute Gasteiger partial charge is 0.269 e. The SMILES string of the molecule is Cc1ccc(S(=O)(=O)n2cc(-c3ccc(C#N)cc3)c3cc(-c4ccc(CN5CCCC(O)C5)cc4)cnc32)cc1. The molecule has 1 saturated heterocycles. The number of hydrogen-bond donors (Lipinski definition) is 1.